The highest BCUT2D eigenvalue weighted by atomic mass is 35.5. The van der Waals surface area contributed by atoms with Gasteiger partial charge in [0.05, 0.1) is 12.7 Å². The molecule has 0 amide bonds. The number of piperidine rings is 1. The van der Waals surface area contributed by atoms with Crippen molar-refractivity contribution in [3.63, 3.8) is 0 Å². The molecule has 3 heterocycles. The van der Waals surface area contributed by atoms with Crippen LogP contribution in [0.3, 0.4) is 0 Å². The molecule has 0 N–H and O–H groups in total. The van der Waals surface area contributed by atoms with E-state index < -0.39 is 0 Å². The monoisotopic (exact) mass is 506 g/mol. The van der Waals surface area contributed by atoms with Gasteiger partial charge >= 0.3 is 0 Å². The Balaban J connectivity index is 1.33. The molecule has 33 heavy (non-hydrogen) atoms. The minimum absolute atomic E-state index is 0.325. The van der Waals surface area contributed by atoms with E-state index in [1.807, 2.05) is 29.5 Å². The summed E-state index contributed by atoms with van der Waals surface area (Å²) in [6.07, 6.45) is 5.89. The number of benzene rings is 1. The Labute approximate surface area is 213 Å². The number of rotatable bonds is 10. The normalized spacial score (nSPS) is 23.7. The fourth-order valence-corrected chi connectivity index (χ4v) is 6.73. The minimum atomic E-state index is 0.325. The molecule has 0 saturated carbocycles. The van der Waals surface area contributed by atoms with Crippen LogP contribution < -0.4 is 0 Å². The van der Waals surface area contributed by atoms with Crippen LogP contribution in [0.1, 0.15) is 43.2 Å². The van der Waals surface area contributed by atoms with Gasteiger partial charge in [0.25, 0.3) is 0 Å². The third-order valence-corrected chi connectivity index (χ3v) is 8.55. The van der Waals surface area contributed by atoms with E-state index in [1.54, 1.807) is 0 Å². The molecule has 2 aliphatic heterocycles. The summed E-state index contributed by atoms with van der Waals surface area (Å²) in [6.45, 7) is 13.3. The summed E-state index contributed by atoms with van der Waals surface area (Å²) in [4.78, 5) is 5.28. The number of likely N-dealkylation sites (tertiary alicyclic amines) is 2. The van der Waals surface area contributed by atoms with Crippen LogP contribution in [0.2, 0.25) is 10.0 Å². The van der Waals surface area contributed by atoms with Gasteiger partial charge in [-0.3, -0.25) is 4.90 Å². The molecule has 2 saturated heterocycles. The molecule has 2 aromatic rings. The highest BCUT2D eigenvalue weighted by molar-refractivity contribution is 7.08. The maximum atomic E-state index is 6.48. The Kier molecular flexibility index (Phi) is 9.32. The molecule has 3 nitrogen and oxygen atoms in total. The van der Waals surface area contributed by atoms with Crippen molar-refractivity contribution >= 4 is 34.5 Å². The molecule has 2 aliphatic rings. The Bertz CT molecular complexity index is 882. The van der Waals surface area contributed by atoms with E-state index in [1.165, 1.54) is 43.6 Å². The second-order valence-corrected chi connectivity index (χ2v) is 11.4. The fraction of sp³-hybridized carbons (Fsp3) is 0.556. The summed E-state index contributed by atoms with van der Waals surface area (Å²) >= 11 is 14.4. The third-order valence-electron chi connectivity index (χ3n) is 7.26. The number of hydrogen-bond acceptors (Lipinski definition) is 4. The molecule has 0 aliphatic carbocycles. The van der Waals surface area contributed by atoms with Crippen LogP contribution in [0.5, 0.6) is 0 Å². The van der Waals surface area contributed by atoms with Gasteiger partial charge < -0.3 is 9.64 Å². The molecular weight excluding hydrogens is 471 g/mol. The Morgan fingerprint density at radius 3 is 2.70 bits per heavy atom. The van der Waals surface area contributed by atoms with Crippen molar-refractivity contribution in [2.24, 2.45) is 11.8 Å². The summed E-state index contributed by atoms with van der Waals surface area (Å²) in [5, 5.41) is 6.02. The molecular formula is C27H36Cl2N2OS. The van der Waals surface area contributed by atoms with E-state index >= 15 is 0 Å². The second-order valence-electron chi connectivity index (χ2n) is 9.77. The summed E-state index contributed by atoms with van der Waals surface area (Å²) in [7, 11) is 0. The first-order valence-corrected chi connectivity index (χ1v) is 13.8. The Hall–Kier alpha value is -0.880. The lowest BCUT2D eigenvalue weighted by Gasteiger charge is -2.35. The number of hydrogen-bond donors (Lipinski definition) is 0. The lowest BCUT2D eigenvalue weighted by molar-refractivity contribution is 0.0537. The maximum Gasteiger partial charge on any atom is 0.0648 e. The summed E-state index contributed by atoms with van der Waals surface area (Å²) in [5.41, 5.74) is 2.66. The minimum Gasteiger partial charge on any atom is -0.374 e. The molecule has 1 aromatic carbocycles. The quantitative estimate of drug-likeness (QED) is 0.323. The van der Waals surface area contributed by atoms with Crippen molar-refractivity contribution in [1.29, 1.82) is 0 Å². The van der Waals surface area contributed by atoms with Crippen LogP contribution in [0.25, 0.3) is 0 Å². The molecule has 0 spiro atoms. The van der Waals surface area contributed by atoms with Crippen molar-refractivity contribution in [1.82, 2.24) is 9.80 Å². The topological polar surface area (TPSA) is 15.7 Å². The van der Waals surface area contributed by atoms with Crippen molar-refractivity contribution in [3.05, 3.63) is 68.9 Å². The molecule has 6 heteroatoms. The Morgan fingerprint density at radius 2 is 2.00 bits per heavy atom. The molecule has 4 rings (SSSR count). The highest BCUT2D eigenvalue weighted by Crippen LogP contribution is 2.36. The fourth-order valence-electron chi connectivity index (χ4n) is 5.54. The first-order valence-electron chi connectivity index (χ1n) is 12.1. The van der Waals surface area contributed by atoms with Crippen LogP contribution >= 0.6 is 34.5 Å². The van der Waals surface area contributed by atoms with Crippen LogP contribution in [0.15, 0.2) is 47.7 Å². The van der Waals surface area contributed by atoms with Gasteiger partial charge in [0, 0.05) is 42.1 Å². The zero-order valence-electron chi connectivity index (χ0n) is 19.6. The lowest BCUT2D eigenvalue weighted by Crippen LogP contribution is -2.39. The molecule has 0 bridgehead atoms. The van der Waals surface area contributed by atoms with Crippen molar-refractivity contribution in [2.75, 3.05) is 39.3 Å². The van der Waals surface area contributed by atoms with Gasteiger partial charge in [-0.1, -0.05) is 35.3 Å². The van der Waals surface area contributed by atoms with E-state index in [-0.39, 0.29) is 0 Å². The zero-order chi connectivity index (χ0) is 23.2. The van der Waals surface area contributed by atoms with Gasteiger partial charge in [0.2, 0.25) is 0 Å². The molecule has 0 radical (unpaired) electrons. The van der Waals surface area contributed by atoms with E-state index in [0.717, 1.165) is 37.0 Å². The first kappa shape index (κ1) is 25.2. The van der Waals surface area contributed by atoms with Crippen LogP contribution in [0.4, 0.5) is 0 Å². The second kappa shape index (κ2) is 12.2. The van der Waals surface area contributed by atoms with Crippen molar-refractivity contribution in [2.45, 2.75) is 44.8 Å². The van der Waals surface area contributed by atoms with Crippen LogP contribution in [0, 0.1) is 11.8 Å². The van der Waals surface area contributed by atoms with E-state index in [0.29, 0.717) is 29.6 Å². The maximum absolute atomic E-state index is 6.48. The smallest absolute Gasteiger partial charge is 0.0648 e. The standard InChI is InChI=1S/C27H36Cl2N2OS/c1-3-11-32-20(2)13-21-6-9-30(10-7-21)16-24-17-31(18-26(24)23-8-12-33-19-23)15-22-4-5-25(28)14-27(22)29/h3-5,8,12,14,19-21,24,26H,1,6-7,9-11,13,15-18H2,2H3/t20?,24-,26+/m0/s1. The van der Waals surface area contributed by atoms with Crippen molar-refractivity contribution < 1.29 is 4.74 Å². The highest BCUT2D eigenvalue weighted by Gasteiger charge is 2.36. The molecule has 180 valence electrons. The van der Waals surface area contributed by atoms with Gasteiger partial charge in [0.1, 0.15) is 0 Å². The predicted molar refractivity (Wildman–Crippen MR) is 142 cm³/mol. The van der Waals surface area contributed by atoms with E-state index in [9.17, 15) is 0 Å². The van der Waals surface area contributed by atoms with Gasteiger partial charge in [-0.05, 0) is 91.2 Å². The summed E-state index contributed by atoms with van der Waals surface area (Å²) in [5.74, 6) is 2.02. The summed E-state index contributed by atoms with van der Waals surface area (Å²) < 4.78 is 5.81. The molecule has 1 aromatic heterocycles. The van der Waals surface area contributed by atoms with Gasteiger partial charge in [-0.15, -0.1) is 6.58 Å². The number of thiophene rings is 1. The van der Waals surface area contributed by atoms with Gasteiger partial charge in [-0.2, -0.15) is 11.3 Å². The van der Waals surface area contributed by atoms with E-state index in [4.69, 9.17) is 27.9 Å². The molecule has 1 unspecified atom stereocenters. The Morgan fingerprint density at radius 1 is 1.18 bits per heavy atom. The molecule has 3 atom stereocenters. The van der Waals surface area contributed by atoms with Crippen LogP contribution in [-0.4, -0.2) is 55.2 Å². The van der Waals surface area contributed by atoms with E-state index in [2.05, 4.69) is 46.2 Å². The predicted octanol–water partition coefficient (Wildman–Crippen LogP) is 6.96. The number of halogens is 2. The third kappa shape index (κ3) is 7.06. The first-order chi connectivity index (χ1) is 16.0. The average Bonchev–Trinajstić information content (AvgIpc) is 3.46. The largest absolute Gasteiger partial charge is 0.374 e. The molecule has 2 fully saturated rings. The number of nitrogens with zero attached hydrogens (tertiary/aromatic N) is 2. The van der Waals surface area contributed by atoms with Gasteiger partial charge in [-0.25, -0.2) is 0 Å². The van der Waals surface area contributed by atoms with Crippen LogP contribution in [-0.2, 0) is 11.3 Å². The lowest BCUT2D eigenvalue weighted by atomic mass is 9.88. The average molecular weight is 508 g/mol. The summed E-state index contributed by atoms with van der Waals surface area (Å²) in [6, 6.07) is 8.19. The zero-order valence-corrected chi connectivity index (χ0v) is 21.9. The number of ether oxygens (including phenoxy) is 1. The van der Waals surface area contributed by atoms with Gasteiger partial charge in [0.15, 0.2) is 0 Å². The van der Waals surface area contributed by atoms with Crippen molar-refractivity contribution in [3.8, 4) is 0 Å². The SMILES string of the molecule is C=CCOC(C)CC1CCN(C[C@H]2CN(Cc3ccc(Cl)cc3Cl)C[C@@H]2c2ccsc2)CC1.